The summed E-state index contributed by atoms with van der Waals surface area (Å²) in [6.07, 6.45) is 0.173. The summed E-state index contributed by atoms with van der Waals surface area (Å²) in [6, 6.07) is 3.41. The number of rotatable bonds is 3. The lowest BCUT2D eigenvalue weighted by Crippen LogP contribution is -2.09. The predicted molar refractivity (Wildman–Crippen MR) is 56.7 cm³/mol. The van der Waals surface area contributed by atoms with Crippen LogP contribution in [0.25, 0.3) is 0 Å². The molecule has 0 aliphatic carbocycles. The zero-order valence-electron chi connectivity index (χ0n) is 7.79. The normalized spacial score (nSPS) is 9.86. The Kier molecular flexibility index (Phi) is 3.88. The third-order valence-corrected chi connectivity index (χ3v) is 2.20. The Morgan fingerprint density at radius 3 is 2.93 bits per heavy atom. The predicted octanol–water partition coefficient (Wildman–Crippen LogP) is 1.53. The van der Waals surface area contributed by atoms with Crippen LogP contribution in [-0.4, -0.2) is 17.6 Å². The molecule has 1 aromatic heterocycles. The largest absolute Gasteiger partial charge is 0.466 e. The van der Waals surface area contributed by atoms with Crippen molar-refractivity contribution < 1.29 is 9.53 Å². The Balaban J connectivity index is 2.68. The van der Waals surface area contributed by atoms with Gasteiger partial charge in [-0.1, -0.05) is 0 Å². The number of nitrogen functional groups attached to an aromatic ring is 1. The SMILES string of the molecule is CCOC(=O)Cc1ccc(N)c(Br)n1. The molecular formula is C9H11BrN2O2. The maximum absolute atomic E-state index is 11.1. The number of halogens is 1. The number of carbonyl (C=O) groups excluding carboxylic acids is 1. The van der Waals surface area contributed by atoms with Crippen molar-refractivity contribution >= 4 is 27.6 Å². The van der Waals surface area contributed by atoms with E-state index in [2.05, 4.69) is 20.9 Å². The van der Waals surface area contributed by atoms with E-state index in [1.54, 1.807) is 19.1 Å². The summed E-state index contributed by atoms with van der Waals surface area (Å²) < 4.78 is 5.35. The summed E-state index contributed by atoms with van der Waals surface area (Å²) in [4.78, 5) is 15.2. The van der Waals surface area contributed by atoms with E-state index < -0.39 is 0 Å². The first kappa shape index (κ1) is 11.0. The first-order valence-corrected chi connectivity index (χ1v) is 4.99. The van der Waals surface area contributed by atoms with Crippen LogP contribution in [0.4, 0.5) is 5.69 Å². The highest BCUT2D eigenvalue weighted by Crippen LogP contribution is 2.16. The van der Waals surface area contributed by atoms with Gasteiger partial charge in [0.15, 0.2) is 0 Å². The van der Waals surface area contributed by atoms with Gasteiger partial charge < -0.3 is 10.5 Å². The van der Waals surface area contributed by atoms with Gasteiger partial charge in [-0.2, -0.15) is 0 Å². The van der Waals surface area contributed by atoms with E-state index in [0.717, 1.165) is 0 Å². The van der Waals surface area contributed by atoms with E-state index in [4.69, 9.17) is 10.5 Å². The summed E-state index contributed by atoms with van der Waals surface area (Å²) >= 11 is 3.19. The molecule has 0 fully saturated rings. The topological polar surface area (TPSA) is 65.2 Å². The minimum Gasteiger partial charge on any atom is -0.466 e. The zero-order valence-corrected chi connectivity index (χ0v) is 9.37. The summed E-state index contributed by atoms with van der Waals surface area (Å²) in [5.41, 5.74) is 6.75. The Labute approximate surface area is 90.6 Å². The third kappa shape index (κ3) is 2.99. The van der Waals surface area contributed by atoms with Gasteiger partial charge >= 0.3 is 5.97 Å². The molecule has 0 aliphatic heterocycles. The average Bonchev–Trinajstić information content (AvgIpc) is 2.12. The molecule has 0 bridgehead atoms. The number of nitrogens with zero attached hydrogens (tertiary/aromatic N) is 1. The summed E-state index contributed by atoms with van der Waals surface area (Å²) in [5.74, 6) is -0.281. The van der Waals surface area contributed by atoms with Crippen LogP contribution in [0, 0.1) is 0 Å². The number of ether oxygens (including phenoxy) is 1. The van der Waals surface area contributed by atoms with Crippen molar-refractivity contribution in [2.24, 2.45) is 0 Å². The van der Waals surface area contributed by atoms with Crippen LogP contribution in [0.5, 0.6) is 0 Å². The molecule has 0 saturated heterocycles. The fraction of sp³-hybridized carbons (Fsp3) is 0.333. The molecule has 0 aromatic carbocycles. The molecule has 2 N–H and O–H groups in total. The van der Waals surface area contributed by atoms with Crippen molar-refractivity contribution in [3.05, 3.63) is 22.4 Å². The highest BCUT2D eigenvalue weighted by molar-refractivity contribution is 9.10. The van der Waals surface area contributed by atoms with E-state index >= 15 is 0 Å². The second-order valence-electron chi connectivity index (χ2n) is 2.66. The molecule has 0 atom stereocenters. The molecule has 0 amide bonds. The molecule has 0 aliphatic rings. The van der Waals surface area contributed by atoms with E-state index in [9.17, 15) is 4.79 Å². The minimum atomic E-state index is -0.281. The number of esters is 1. The van der Waals surface area contributed by atoms with Crippen molar-refractivity contribution in [3.63, 3.8) is 0 Å². The molecule has 0 radical (unpaired) electrons. The lowest BCUT2D eigenvalue weighted by Gasteiger charge is -2.03. The Morgan fingerprint density at radius 2 is 2.36 bits per heavy atom. The van der Waals surface area contributed by atoms with Gasteiger partial charge in [0.2, 0.25) is 0 Å². The Bertz CT molecular complexity index is 342. The van der Waals surface area contributed by atoms with Crippen molar-refractivity contribution in [1.82, 2.24) is 4.98 Å². The summed E-state index contributed by atoms with van der Waals surface area (Å²) in [6.45, 7) is 2.15. The zero-order chi connectivity index (χ0) is 10.6. The number of nitrogens with two attached hydrogens (primary N) is 1. The summed E-state index contributed by atoms with van der Waals surface area (Å²) in [7, 11) is 0. The number of aromatic nitrogens is 1. The van der Waals surface area contributed by atoms with Gasteiger partial charge in [0.25, 0.3) is 0 Å². The molecule has 14 heavy (non-hydrogen) atoms. The molecular weight excluding hydrogens is 248 g/mol. The van der Waals surface area contributed by atoms with Gasteiger partial charge in [0, 0.05) is 0 Å². The molecule has 5 heteroatoms. The highest BCUT2D eigenvalue weighted by atomic mass is 79.9. The Hall–Kier alpha value is -1.10. The molecule has 0 unspecified atom stereocenters. The van der Waals surface area contributed by atoms with Crippen molar-refractivity contribution in [2.75, 3.05) is 12.3 Å². The third-order valence-electron chi connectivity index (χ3n) is 1.57. The van der Waals surface area contributed by atoms with Crippen LogP contribution in [0.3, 0.4) is 0 Å². The van der Waals surface area contributed by atoms with Crippen molar-refractivity contribution in [1.29, 1.82) is 0 Å². The highest BCUT2D eigenvalue weighted by Gasteiger charge is 2.06. The number of hydrogen-bond donors (Lipinski definition) is 1. The standard InChI is InChI=1S/C9H11BrN2O2/c1-2-14-8(13)5-6-3-4-7(11)9(10)12-6/h3-4H,2,5,11H2,1H3. The van der Waals surface area contributed by atoms with Gasteiger partial charge in [-0.05, 0) is 35.0 Å². The molecule has 76 valence electrons. The fourth-order valence-electron chi connectivity index (χ4n) is 0.941. The second kappa shape index (κ2) is 4.95. The number of carbonyl (C=O) groups is 1. The van der Waals surface area contributed by atoms with Crippen LogP contribution >= 0.6 is 15.9 Å². The maximum atomic E-state index is 11.1. The first-order valence-electron chi connectivity index (χ1n) is 4.20. The maximum Gasteiger partial charge on any atom is 0.311 e. The van der Waals surface area contributed by atoms with E-state index in [1.807, 2.05) is 0 Å². The molecule has 0 saturated carbocycles. The number of anilines is 1. The van der Waals surface area contributed by atoms with Gasteiger partial charge in [-0.15, -0.1) is 0 Å². The van der Waals surface area contributed by atoms with E-state index in [-0.39, 0.29) is 12.4 Å². The molecule has 4 nitrogen and oxygen atoms in total. The van der Waals surface area contributed by atoms with Crippen LogP contribution in [0.15, 0.2) is 16.7 Å². The quantitative estimate of drug-likeness (QED) is 0.660. The molecule has 1 rings (SSSR count). The number of pyridine rings is 1. The van der Waals surface area contributed by atoms with Crippen LogP contribution in [-0.2, 0) is 16.0 Å². The smallest absolute Gasteiger partial charge is 0.311 e. The summed E-state index contributed by atoms with van der Waals surface area (Å²) in [5, 5.41) is 0. The number of hydrogen-bond acceptors (Lipinski definition) is 4. The lowest BCUT2D eigenvalue weighted by atomic mass is 10.2. The van der Waals surface area contributed by atoms with Gasteiger partial charge in [0.1, 0.15) is 4.60 Å². The van der Waals surface area contributed by atoms with Gasteiger partial charge in [-0.25, -0.2) is 4.98 Å². The average molecular weight is 259 g/mol. The van der Waals surface area contributed by atoms with Gasteiger partial charge in [0.05, 0.1) is 24.4 Å². The fourth-order valence-corrected chi connectivity index (χ4v) is 1.30. The van der Waals surface area contributed by atoms with Crippen molar-refractivity contribution in [3.8, 4) is 0 Å². The second-order valence-corrected chi connectivity index (χ2v) is 3.42. The van der Waals surface area contributed by atoms with Crippen LogP contribution in [0.1, 0.15) is 12.6 Å². The lowest BCUT2D eigenvalue weighted by molar-refractivity contribution is -0.142. The van der Waals surface area contributed by atoms with E-state index in [1.165, 1.54) is 0 Å². The van der Waals surface area contributed by atoms with Crippen molar-refractivity contribution in [2.45, 2.75) is 13.3 Å². The minimum absolute atomic E-state index is 0.173. The first-order chi connectivity index (χ1) is 6.63. The molecule has 0 spiro atoms. The van der Waals surface area contributed by atoms with E-state index in [0.29, 0.717) is 22.6 Å². The van der Waals surface area contributed by atoms with Crippen LogP contribution < -0.4 is 5.73 Å². The molecule has 1 aromatic rings. The Morgan fingerprint density at radius 1 is 1.64 bits per heavy atom. The van der Waals surface area contributed by atoms with Crippen LogP contribution in [0.2, 0.25) is 0 Å². The van der Waals surface area contributed by atoms with Gasteiger partial charge in [-0.3, -0.25) is 4.79 Å². The monoisotopic (exact) mass is 258 g/mol. The molecule has 1 heterocycles.